The fraction of sp³-hybridized carbons (Fsp3) is 0.290. The fourth-order valence-electron chi connectivity index (χ4n) is 4.65. The van der Waals surface area contributed by atoms with E-state index >= 15 is 0 Å². The normalized spacial score (nSPS) is 10.9. The summed E-state index contributed by atoms with van der Waals surface area (Å²) >= 11 is 6.07. The van der Waals surface area contributed by atoms with Crippen LogP contribution in [0.1, 0.15) is 24.0 Å². The highest BCUT2D eigenvalue weighted by Gasteiger charge is 2.16. The second kappa shape index (κ2) is 13.9. The van der Waals surface area contributed by atoms with Gasteiger partial charge in [0.15, 0.2) is 11.5 Å². The lowest BCUT2D eigenvalue weighted by Crippen LogP contribution is -2.42. The molecule has 3 aromatic carbocycles. The average molecular weight is 593 g/mol. The van der Waals surface area contributed by atoms with Crippen LogP contribution in [0.4, 0.5) is 5.69 Å². The van der Waals surface area contributed by atoms with Gasteiger partial charge >= 0.3 is 5.69 Å². The van der Waals surface area contributed by atoms with Gasteiger partial charge in [-0.25, -0.2) is 4.79 Å². The van der Waals surface area contributed by atoms with Gasteiger partial charge in [0, 0.05) is 30.2 Å². The molecule has 0 saturated carbocycles. The molecule has 4 aromatic rings. The number of benzene rings is 3. The number of aromatic nitrogens is 2. The Morgan fingerprint density at radius 3 is 2.43 bits per heavy atom. The molecule has 0 spiro atoms. The molecule has 0 fully saturated rings. The molecule has 10 nitrogen and oxygen atoms in total. The minimum absolute atomic E-state index is 0.0284. The molecule has 2 N–H and O–H groups in total. The predicted octanol–water partition coefficient (Wildman–Crippen LogP) is 3.92. The number of amides is 2. The third kappa shape index (κ3) is 7.19. The van der Waals surface area contributed by atoms with E-state index in [1.54, 1.807) is 56.7 Å². The molecule has 1 aromatic heterocycles. The van der Waals surface area contributed by atoms with Crippen LogP contribution in [0.5, 0.6) is 11.5 Å². The number of fused-ring (bicyclic) bond motifs is 1. The summed E-state index contributed by atoms with van der Waals surface area (Å²) in [7, 11) is 3.13. The molecule has 0 unspecified atom stereocenters. The van der Waals surface area contributed by atoms with Crippen molar-refractivity contribution in [3.8, 4) is 11.5 Å². The molecule has 0 aliphatic heterocycles. The molecule has 4 rings (SSSR count). The Balaban J connectivity index is 1.41. The van der Waals surface area contributed by atoms with Crippen LogP contribution < -0.4 is 31.4 Å². The number of nitrogens with zero attached hydrogens (tertiary/aromatic N) is 2. The van der Waals surface area contributed by atoms with E-state index in [9.17, 15) is 19.2 Å². The lowest BCUT2D eigenvalue weighted by Gasteiger charge is -2.15. The third-order valence-corrected chi connectivity index (χ3v) is 7.11. The molecular formula is C31H33ClN4O6. The minimum atomic E-state index is -0.620. The van der Waals surface area contributed by atoms with E-state index in [4.69, 9.17) is 21.1 Å². The van der Waals surface area contributed by atoms with Gasteiger partial charge in [-0.05, 0) is 67.3 Å². The molecule has 0 saturated heterocycles. The number of nitrogens with one attached hydrogen (secondary N) is 2. The third-order valence-electron chi connectivity index (χ3n) is 6.88. The molecule has 1 heterocycles. The summed E-state index contributed by atoms with van der Waals surface area (Å²) in [6, 6.07) is 17.4. The minimum Gasteiger partial charge on any atom is -0.493 e. The van der Waals surface area contributed by atoms with Crippen molar-refractivity contribution in [1.29, 1.82) is 0 Å². The van der Waals surface area contributed by atoms with E-state index in [-0.39, 0.29) is 31.8 Å². The van der Waals surface area contributed by atoms with Crippen molar-refractivity contribution in [2.45, 2.75) is 39.3 Å². The van der Waals surface area contributed by atoms with Crippen molar-refractivity contribution in [2.24, 2.45) is 0 Å². The number of carbonyl (C=O) groups excluding carboxylic acids is 2. The zero-order chi connectivity index (χ0) is 30.2. The summed E-state index contributed by atoms with van der Waals surface area (Å²) in [5, 5.41) is 6.44. The number of methoxy groups -OCH3 is 2. The summed E-state index contributed by atoms with van der Waals surface area (Å²) in [5.74, 6) is 0.613. The Bertz CT molecular complexity index is 1730. The van der Waals surface area contributed by atoms with Crippen LogP contribution in [0.2, 0.25) is 5.02 Å². The lowest BCUT2D eigenvalue weighted by molar-refractivity contribution is -0.121. The van der Waals surface area contributed by atoms with Crippen LogP contribution in [-0.2, 0) is 29.1 Å². The number of anilines is 1. The van der Waals surface area contributed by atoms with Gasteiger partial charge in [0.25, 0.3) is 5.56 Å². The van der Waals surface area contributed by atoms with Crippen molar-refractivity contribution >= 4 is 40.0 Å². The second-order valence-electron chi connectivity index (χ2n) is 9.74. The Kier molecular flexibility index (Phi) is 10.0. The van der Waals surface area contributed by atoms with Crippen LogP contribution in [0.3, 0.4) is 0 Å². The predicted molar refractivity (Wildman–Crippen MR) is 163 cm³/mol. The first-order chi connectivity index (χ1) is 20.2. The monoisotopic (exact) mass is 592 g/mol. The molecule has 0 aliphatic rings. The van der Waals surface area contributed by atoms with Crippen LogP contribution >= 0.6 is 11.6 Å². The zero-order valence-electron chi connectivity index (χ0n) is 23.7. The quantitative estimate of drug-likeness (QED) is 0.257. The van der Waals surface area contributed by atoms with Crippen molar-refractivity contribution in [3.05, 3.63) is 97.7 Å². The maximum Gasteiger partial charge on any atom is 0.331 e. The standard InChI is InChI=1S/C31H33ClN4O6/c1-20-10-12-22(32)18-24(20)34-29(38)19-36-25-8-5-4-7-23(25)30(39)35(31(36)40)16-6-9-28(37)33-15-14-21-11-13-26(41-2)27(17-21)42-3/h4-5,7-8,10-13,17-18H,6,9,14-16,19H2,1-3H3,(H,33,37)(H,34,38). The van der Waals surface area contributed by atoms with Crippen LogP contribution in [0.25, 0.3) is 10.9 Å². The summed E-state index contributed by atoms with van der Waals surface area (Å²) in [6.07, 6.45) is 0.987. The average Bonchev–Trinajstić information content (AvgIpc) is 2.98. The first kappa shape index (κ1) is 30.4. The van der Waals surface area contributed by atoms with Gasteiger partial charge in [-0.2, -0.15) is 0 Å². The van der Waals surface area contributed by atoms with E-state index in [2.05, 4.69) is 10.6 Å². The number of para-hydroxylation sites is 1. The fourth-order valence-corrected chi connectivity index (χ4v) is 4.82. The first-order valence-electron chi connectivity index (χ1n) is 13.5. The van der Waals surface area contributed by atoms with Crippen LogP contribution in [0.15, 0.2) is 70.3 Å². The van der Waals surface area contributed by atoms with Gasteiger partial charge in [0.1, 0.15) is 6.54 Å². The van der Waals surface area contributed by atoms with Gasteiger partial charge in [0.2, 0.25) is 11.8 Å². The van der Waals surface area contributed by atoms with E-state index in [1.807, 2.05) is 25.1 Å². The number of halogens is 1. The van der Waals surface area contributed by atoms with Gasteiger partial charge in [-0.1, -0.05) is 35.9 Å². The summed E-state index contributed by atoms with van der Waals surface area (Å²) in [5.41, 5.74) is 1.60. The largest absolute Gasteiger partial charge is 0.493 e. The smallest absolute Gasteiger partial charge is 0.331 e. The molecule has 220 valence electrons. The maximum atomic E-state index is 13.4. The highest BCUT2D eigenvalue weighted by atomic mass is 35.5. The van der Waals surface area contributed by atoms with Gasteiger partial charge < -0.3 is 20.1 Å². The van der Waals surface area contributed by atoms with E-state index in [0.717, 1.165) is 15.7 Å². The Morgan fingerprint density at radius 1 is 0.905 bits per heavy atom. The summed E-state index contributed by atoms with van der Waals surface area (Å²) in [4.78, 5) is 52.0. The molecule has 0 atom stereocenters. The van der Waals surface area contributed by atoms with Crippen molar-refractivity contribution in [3.63, 3.8) is 0 Å². The van der Waals surface area contributed by atoms with E-state index < -0.39 is 17.2 Å². The van der Waals surface area contributed by atoms with Gasteiger partial charge in [-0.3, -0.25) is 23.5 Å². The maximum absolute atomic E-state index is 13.4. The molecule has 0 radical (unpaired) electrons. The van der Waals surface area contributed by atoms with Gasteiger partial charge in [-0.15, -0.1) is 0 Å². The van der Waals surface area contributed by atoms with E-state index in [1.165, 1.54) is 4.57 Å². The second-order valence-corrected chi connectivity index (χ2v) is 10.2. The van der Waals surface area contributed by atoms with Gasteiger partial charge in [0.05, 0.1) is 25.1 Å². The Morgan fingerprint density at radius 2 is 1.67 bits per heavy atom. The zero-order valence-corrected chi connectivity index (χ0v) is 24.5. The van der Waals surface area contributed by atoms with Crippen molar-refractivity contribution in [1.82, 2.24) is 14.5 Å². The summed E-state index contributed by atoms with van der Waals surface area (Å²) < 4.78 is 12.9. The van der Waals surface area contributed by atoms with Crippen molar-refractivity contribution in [2.75, 3.05) is 26.1 Å². The molecule has 0 bridgehead atoms. The molecular weight excluding hydrogens is 560 g/mol. The highest BCUT2D eigenvalue weighted by molar-refractivity contribution is 6.31. The SMILES string of the molecule is COc1ccc(CCNC(=O)CCCn2c(=O)c3ccccc3n(CC(=O)Nc3cc(Cl)ccc3C)c2=O)cc1OC. The highest BCUT2D eigenvalue weighted by Crippen LogP contribution is 2.27. The molecule has 0 aliphatic carbocycles. The topological polar surface area (TPSA) is 121 Å². The number of aryl methyl sites for hydroxylation is 1. The van der Waals surface area contributed by atoms with Crippen LogP contribution in [-0.4, -0.2) is 41.7 Å². The lowest BCUT2D eigenvalue weighted by atomic mass is 10.1. The molecule has 42 heavy (non-hydrogen) atoms. The Labute approximate surface area is 247 Å². The number of rotatable bonds is 12. The summed E-state index contributed by atoms with van der Waals surface area (Å²) in [6.45, 7) is 1.97. The Hall–Kier alpha value is -4.57. The number of carbonyl (C=O) groups is 2. The molecule has 11 heteroatoms. The molecule has 2 amide bonds. The number of ether oxygens (including phenoxy) is 2. The first-order valence-corrected chi connectivity index (χ1v) is 13.9. The number of hydrogen-bond donors (Lipinski definition) is 2. The van der Waals surface area contributed by atoms with Crippen molar-refractivity contribution < 1.29 is 19.1 Å². The number of hydrogen-bond acceptors (Lipinski definition) is 6. The van der Waals surface area contributed by atoms with E-state index in [0.29, 0.717) is 46.1 Å². The van der Waals surface area contributed by atoms with Crippen LogP contribution in [0, 0.1) is 6.92 Å².